The number of aromatic carboxylic acids is 1. The number of fused-ring (bicyclic) bond motifs is 1. The van der Waals surface area contributed by atoms with Crippen LogP contribution in [0, 0.1) is 0 Å². The van der Waals surface area contributed by atoms with Crippen LogP contribution in [0.2, 0.25) is 0 Å². The molecule has 1 amide bonds. The number of amides is 1. The molecule has 128 valence electrons. The van der Waals surface area contributed by atoms with E-state index >= 15 is 0 Å². The minimum absolute atomic E-state index is 0.0752. The summed E-state index contributed by atoms with van der Waals surface area (Å²) in [6.45, 7) is 3.71. The predicted molar refractivity (Wildman–Crippen MR) is 95.4 cm³/mol. The van der Waals surface area contributed by atoms with E-state index in [1.54, 1.807) is 24.4 Å². The van der Waals surface area contributed by atoms with E-state index in [4.69, 9.17) is 4.74 Å². The lowest BCUT2D eigenvalue weighted by molar-refractivity contribution is 0.0696. The van der Waals surface area contributed by atoms with Crippen LogP contribution in [0.1, 0.15) is 34.6 Å². The normalized spacial score (nSPS) is 10.8. The Morgan fingerprint density at radius 1 is 1.08 bits per heavy atom. The summed E-state index contributed by atoms with van der Waals surface area (Å²) in [7, 11) is 0. The molecule has 0 aliphatic carbocycles. The molecule has 1 aromatic heterocycles. The number of ether oxygens (including phenoxy) is 1. The van der Waals surface area contributed by atoms with Crippen molar-refractivity contribution in [2.45, 2.75) is 20.0 Å². The molecule has 3 rings (SSSR count). The van der Waals surface area contributed by atoms with Crippen LogP contribution in [0.15, 0.2) is 48.7 Å². The number of hydrogen-bond donors (Lipinski definition) is 3. The Hall–Kier alpha value is -3.28. The Balaban J connectivity index is 1.92. The number of carbonyl (C=O) groups is 2. The Morgan fingerprint density at radius 2 is 1.84 bits per heavy atom. The third kappa shape index (κ3) is 3.63. The van der Waals surface area contributed by atoms with Gasteiger partial charge in [0.2, 0.25) is 0 Å². The summed E-state index contributed by atoms with van der Waals surface area (Å²) in [5.41, 5.74) is 1.72. The van der Waals surface area contributed by atoms with E-state index < -0.39 is 5.97 Å². The molecule has 6 nitrogen and oxygen atoms in total. The quantitative estimate of drug-likeness (QED) is 0.658. The van der Waals surface area contributed by atoms with Gasteiger partial charge in [0, 0.05) is 17.3 Å². The van der Waals surface area contributed by atoms with Crippen LogP contribution >= 0.6 is 0 Å². The van der Waals surface area contributed by atoms with E-state index in [9.17, 15) is 14.7 Å². The van der Waals surface area contributed by atoms with Gasteiger partial charge in [-0.15, -0.1) is 0 Å². The molecule has 0 aliphatic heterocycles. The van der Waals surface area contributed by atoms with E-state index in [0.717, 1.165) is 10.9 Å². The summed E-state index contributed by atoms with van der Waals surface area (Å²) < 4.78 is 5.66. The van der Waals surface area contributed by atoms with Crippen LogP contribution in [-0.2, 0) is 0 Å². The van der Waals surface area contributed by atoms with Crippen molar-refractivity contribution in [3.8, 4) is 5.75 Å². The first-order chi connectivity index (χ1) is 11.9. The highest BCUT2D eigenvalue weighted by Gasteiger charge is 2.14. The number of carboxylic acids is 1. The van der Waals surface area contributed by atoms with Gasteiger partial charge in [-0.1, -0.05) is 6.07 Å². The second-order valence-corrected chi connectivity index (χ2v) is 5.92. The molecular formula is C19H18N2O4. The number of rotatable bonds is 5. The van der Waals surface area contributed by atoms with Crippen LogP contribution in [0.25, 0.3) is 10.9 Å². The molecular weight excluding hydrogens is 320 g/mol. The second kappa shape index (κ2) is 6.68. The van der Waals surface area contributed by atoms with E-state index in [2.05, 4.69) is 10.3 Å². The summed E-state index contributed by atoms with van der Waals surface area (Å²) in [6.07, 6.45) is 1.69. The Morgan fingerprint density at radius 3 is 2.56 bits per heavy atom. The molecule has 0 spiro atoms. The summed E-state index contributed by atoms with van der Waals surface area (Å²) in [4.78, 5) is 26.8. The van der Waals surface area contributed by atoms with Gasteiger partial charge in [-0.3, -0.25) is 4.79 Å². The van der Waals surface area contributed by atoms with Gasteiger partial charge in [-0.25, -0.2) is 4.79 Å². The zero-order valence-corrected chi connectivity index (χ0v) is 13.9. The Bertz CT molecular complexity index is 944. The molecule has 25 heavy (non-hydrogen) atoms. The first-order valence-corrected chi connectivity index (χ1v) is 7.86. The standard InChI is InChI=1S/C19H18N2O4/c1-11(2)25-17-6-5-14(19(23)24)10-16(17)21-18(22)13-4-3-12-7-8-20-15(12)9-13/h3-11,20H,1-2H3,(H,21,22)(H,23,24). The largest absolute Gasteiger partial charge is 0.489 e. The van der Waals surface area contributed by atoms with Crippen LogP contribution < -0.4 is 10.1 Å². The Kier molecular flexibility index (Phi) is 4.43. The lowest BCUT2D eigenvalue weighted by Crippen LogP contribution is -2.15. The molecule has 3 aromatic rings. The van der Waals surface area contributed by atoms with Gasteiger partial charge in [-0.05, 0) is 55.6 Å². The smallest absolute Gasteiger partial charge is 0.335 e. The highest BCUT2D eigenvalue weighted by Crippen LogP contribution is 2.28. The molecule has 0 fully saturated rings. The van der Waals surface area contributed by atoms with Crippen LogP contribution in [0.3, 0.4) is 0 Å². The number of aromatic amines is 1. The molecule has 0 bridgehead atoms. The lowest BCUT2D eigenvalue weighted by Gasteiger charge is -2.15. The zero-order chi connectivity index (χ0) is 18.0. The number of aromatic nitrogens is 1. The van der Waals surface area contributed by atoms with Crippen molar-refractivity contribution < 1.29 is 19.4 Å². The van der Waals surface area contributed by atoms with E-state index in [1.807, 2.05) is 26.0 Å². The number of hydrogen-bond acceptors (Lipinski definition) is 3. The molecule has 0 saturated carbocycles. The zero-order valence-electron chi connectivity index (χ0n) is 13.9. The fourth-order valence-electron chi connectivity index (χ4n) is 2.50. The molecule has 6 heteroatoms. The van der Waals surface area contributed by atoms with Crippen molar-refractivity contribution in [1.82, 2.24) is 4.98 Å². The predicted octanol–water partition coefficient (Wildman–Crippen LogP) is 3.91. The highest BCUT2D eigenvalue weighted by atomic mass is 16.5. The SMILES string of the molecule is CC(C)Oc1ccc(C(=O)O)cc1NC(=O)c1ccc2cc[nH]c2c1. The van der Waals surface area contributed by atoms with Crippen molar-refractivity contribution in [3.63, 3.8) is 0 Å². The molecule has 3 N–H and O–H groups in total. The molecule has 0 radical (unpaired) electrons. The molecule has 0 saturated heterocycles. The molecule has 0 atom stereocenters. The van der Waals surface area contributed by atoms with Crippen molar-refractivity contribution in [2.75, 3.05) is 5.32 Å². The van der Waals surface area contributed by atoms with Gasteiger partial charge in [0.1, 0.15) is 5.75 Å². The first-order valence-electron chi connectivity index (χ1n) is 7.86. The number of nitrogens with one attached hydrogen (secondary N) is 2. The summed E-state index contributed by atoms with van der Waals surface area (Å²) in [5, 5.41) is 12.9. The number of benzene rings is 2. The summed E-state index contributed by atoms with van der Waals surface area (Å²) in [5.74, 6) is -0.985. The molecule has 1 heterocycles. The van der Waals surface area contributed by atoms with E-state index in [1.165, 1.54) is 12.1 Å². The average molecular weight is 338 g/mol. The van der Waals surface area contributed by atoms with E-state index in [-0.39, 0.29) is 17.6 Å². The number of H-pyrrole nitrogens is 1. The number of carbonyl (C=O) groups excluding carboxylic acids is 1. The van der Waals surface area contributed by atoms with Crippen LogP contribution in [0.5, 0.6) is 5.75 Å². The van der Waals surface area contributed by atoms with Gasteiger partial charge >= 0.3 is 5.97 Å². The maximum atomic E-state index is 12.6. The minimum atomic E-state index is -1.07. The third-order valence-corrected chi connectivity index (χ3v) is 3.65. The lowest BCUT2D eigenvalue weighted by atomic mass is 10.1. The van der Waals surface area contributed by atoms with Gasteiger partial charge in [0.05, 0.1) is 17.4 Å². The third-order valence-electron chi connectivity index (χ3n) is 3.65. The van der Waals surface area contributed by atoms with E-state index in [0.29, 0.717) is 17.0 Å². The van der Waals surface area contributed by atoms with Crippen molar-refractivity contribution >= 4 is 28.5 Å². The molecule has 0 aliphatic rings. The second-order valence-electron chi connectivity index (χ2n) is 5.92. The molecule has 0 unspecified atom stereocenters. The maximum absolute atomic E-state index is 12.6. The van der Waals surface area contributed by atoms with Crippen molar-refractivity contribution in [2.24, 2.45) is 0 Å². The van der Waals surface area contributed by atoms with Crippen LogP contribution in [0.4, 0.5) is 5.69 Å². The highest BCUT2D eigenvalue weighted by molar-refractivity contribution is 6.07. The topological polar surface area (TPSA) is 91.4 Å². The Labute approximate surface area is 144 Å². The monoisotopic (exact) mass is 338 g/mol. The van der Waals surface area contributed by atoms with Gasteiger partial charge < -0.3 is 20.1 Å². The maximum Gasteiger partial charge on any atom is 0.335 e. The minimum Gasteiger partial charge on any atom is -0.489 e. The fourth-order valence-corrected chi connectivity index (χ4v) is 2.50. The van der Waals surface area contributed by atoms with Crippen molar-refractivity contribution in [3.05, 3.63) is 59.8 Å². The number of anilines is 1. The number of carboxylic acid groups (broad SMARTS) is 1. The summed E-state index contributed by atoms with van der Waals surface area (Å²) in [6, 6.07) is 11.6. The van der Waals surface area contributed by atoms with Gasteiger partial charge in [0.15, 0.2) is 0 Å². The van der Waals surface area contributed by atoms with Crippen LogP contribution in [-0.4, -0.2) is 28.1 Å². The fraction of sp³-hybridized carbons (Fsp3) is 0.158. The van der Waals surface area contributed by atoms with Gasteiger partial charge in [0.25, 0.3) is 5.91 Å². The first kappa shape index (κ1) is 16.6. The summed E-state index contributed by atoms with van der Waals surface area (Å²) >= 11 is 0. The van der Waals surface area contributed by atoms with Crippen molar-refractivity contribution in [1.29, 1.82) is 0 Å². The van der Waals surface area contributed by atoms with Gasteiger partial charge in [-0.2, -0.15) is 0 Å². The molecule has 2 aromatic carbocycles. The average Bonchev–Trinajstić information content (AvgIpc) is 3.03.